The molecule has 1 amide bonds. The van der Waals surface area contributed by atoms with Gasteiger partial charge in [-0.05, 0) is 30.7 Å². The van der Waals surface area contributed by atoms with Crippen molar-refractivity contribution in [2.45, 2.75) is 25.7 Å². The molecule has 2 fully saturated rings. The number of anilines is 1. The van der Waals surface area contributed by atoms with Crippen LogP contribution in [0.4, 0.5) is 11.4 Å². The molecule has 2 aliphatic rings. The lowest BCUT2D eigenvalue weighted by Crippen LogP contribution is -2.15. The molecule has 0 spiro atoms. The molecule has 20 heavy (non-hydrogen) atoms. The van der Waals surface area contributed by atoms with E-state index < -0.39 is 4.92 Å². The molecule has 6 heteroatoms. The van der Waals surface area contributed by atoms with Gasteiger partial charge in [0.15, 0.2) is 0 Å². The first-order chi connectivity index (χ1) is 9.58. The van der Waals surface area contributed by atoms with Gasteiger partial charge in [-0.3, -0.25) is 14.9 Å². The fourth-order valence-electron chi connectivity index (χ4n) is 3.34. The number of aromatic hydroxyl groups is 1. The van der Waals surface area contributed by atoms with E-state index in [1.54, 1.807) is 0 Å². The van der Waals surface area contributed by atoms with Crippen LogP contribution in [0.5, 0.6) is 5.75 Å². The number of hydrogen-bond donors (Lipinski definition) is 2. The zero-order valence-corrected chi connectivity index (χ0v) is 10.9. The number of rotatable bonds is 3. The van der Waals surface area contributed by atoms with Crippen molar-refractivity contribution in [1.82, 2.24) is 0 Å². The average molecular weight is 276 g/mol. The predicted octanol–water partition coefficient (Wildman–Crippen LogP) is 2.68. The number of carbonyl (C=O) groups is 1. The van der Waals surface area contributed by atoms with Crippen molar-refractivity contribution in [3.63, 3.8) is 0 Å². The lowest BCUT2D eigenvalue weighted by Gasteiger charge is -2.06. The van der Waals surface area contributed by atoms with Gasteiger partial charge in [-0.15, -0.1) is 0 Å². The molecule has 2 saturated carbocycles. The minimum Gasteiger partial charge on any atom is -0.506 e. The zero-order chi connectivity index (χ0) is 14.3. The summed E-state index contributed by atoms with van der Waals surface area (Å²) in [6.45, 7) is 0. The summed E-state index contributed by atoms with van der Waals surface area (Å²) < 4.78 is 0. The lowest BCUT2D eigenvalue weighted by molar-refractivity contribution is -0.384. The van der Waals surface area contributed by atoms with E-state index in [1.165, 1.54) is 25.0 Å². The minimum absolute atomic E-state index is 0.0482. The van der Waals surface area contributed by atoms with Gasteiger partial charge in [-0.1, -0.05) is 12.8 Å². The Balaban J connectivity index is 1.69. The summed E-state index contributed by atoms with van der Waals surface area (Å²) in [4.78, 5) is 22.2. The van der Waals surface area contributed by atoms with Crippen LogP contribution < -0.4 is 5.32 Å². The molecule has 0 bridgehead atoms. The van der Waals surface area contributed by atoms with Crippen LogP contribution >= 0.6 is 0 Å². The third-order valence-corrected chi connectivity index (χ3v) is 4.41. The van der Waals surface area contributed by atoms with Crippen LogP contribution in [0, 0.1) is 27.9 Å². The van der Waals surface area contributed by atoms with Gasteiger partial charge < -0.3 is 10.4 Å². The zero-order valence-electron chi connectivity index (χ0n) is 10.9. The molecule has 2 N–H and O–H groups in total. The molecular formula is C14H16N2O4. The van der Waals surface area contributed by atoms with Crippen LogP contribution in [0.1, 0.15) is 25.7 Å². The van der Waals surface area contributed by atoms with Crippen LogP contribution in [-0.2, 0) is 4.79 Å². The Labute approximate surface area is 115 Å². The van der Waals surface area contributed by atoms with Crippen LogP contribution in [0.3, 0.4) is 0 Å². The summed E-state index contributed by atoms with van der Waals surface area (Å²) >= 11 is 0. The maximum Gasteiger partial charge on any atom is 0.273 e. The van der Waals surface area contributed by atoms with Gasteiger partial charge in [-0.25, -0.2) is 0 Å². The maximum absolute atomic E-state index is 12.2. The fourth-order valence-corrected chi connectivity index (χ4v) is 3.34. The van der Waals surface area contributed by atoms with Crippen molar-refractivity contribution in [3.8, 4) is 5.75 Å². The normalized spacial score (nSPS) is 27.5. The topological polar surface area (TPSA) is 92.5 Å². The molecule has 0 aliphatic heterocycles. The Morgan fingerprint density at radius 3 is 2.50 bits per heavy atom. The standard InChI is InChI=1S/C14H16N2O4/c17-12-7-8(16(19)20)5-6-11(12)15-14(18)13-9-3-1-2-4-10(9)13/h5-7,9-10,13,17H,1-4H2,(H,15,18). The monoisotopic (exact) mass is 276 g/mol. The third-order valence-electron chi connectivity index (χ3n) is 4.41. The van der Waals surface area contributed by atoms with Gasteiger partial charge in [0.25, 0.3) is 5.69 Å². The molecule has 0 aromatic heterocycles. The predicted molar refractivity (Wildman–Crippen MR) is 72.3 cm³/mol. The molecule has 2 unspecified atom stereocenters. The highest BCUT2D eigenvalue weighted by molar-refractivity contribution is 5.96. The highest BCUT2D eigenvalue weighted by atomic mass is 16.6. The summed E-state index contributed by atoms with van der Waals surface area (Å²) in [5.41, 5.74) is 0.0461. The number of non-ortho nitro benzene ring substituents is 1. The molecule has 3 rings (SSSR count). The van der Waals surface area contributed by atoms with Crippen LogP contribution in [0.2, 0.25) is 0 Å². The highest BCUT2D eigenvalue weighted by Gasteiger charge is 2.54. The number of benzene rings is 1. The first-order valence-corrected chi connectivity index (χ1v) is 6.86. The van der Waals surface area contributed by atoms with Gasteiger partial charge in [-0.2, -0.15) is 0 Å². The minimum atomic E-state index is -0.583. The van der Waals surface area contributed by atoms with E-state index in [4.69, 9.17) is 0 Å². The Morgan fingerprint density at radius 1 is 1.30 bits per heavy atom. The van der Waals surface area contributed by atoms with Crippen LogP contribution in [-0.4, -0.2) is 15.9 Å². The van der Waals surface area contributed by atoms with E-state index in [0.717, 1.165) is 18.9 Å². The highest BCUT2D eigenvalue weighted by Crippen LogP contribution is 2.55. The summed E-state index contributed by atoms with van der Waals surface area (Å²) in [6, 6.07) is 3.70. The first-order valence-electron chi connectivity index (χ1n) is 6.86. The van der Waals surface area contributed by atoms with Crippen molar-refractivity contribution in [3.05, 3.63) is 28.3 Å². The Kier molecular flexibility index (Phi) is 3.08. The molecule has 1 aromatic rings. The summed E-state index contributed by atoms with van der Waals surface area (Å²) in [6.07, 6.45) is 4.59. The summed E-state index contributed by atoms with van der Waals surface area (Å²) in [5.74, 6) is 0.683. The largest absolute Gasteiger partial charge is 0.506 e. The summed E-state index contributed by atoms with van der Waals surface area (Å²) in [5, 5.41) is 23.0. The maximum atomic E-state index is 12.2. The third kappa shape index (κ3) is 2.21. The van der Waals surface area contributed by atoms with Crippen molar-refractivity contribution in [2.75, 3.05) is 5.32 Å². The number of nitrogens with one attached hydrogen (secondary N) is 1. The van der Waals surface area contributed by atoms with E-state index in [1.807, 2.05) is 0 Å². The van der Waals surface area contributed by atoms with Crippen molar-refractivity contribution < 1.29 is 14.8 Å². The van der Waals surface area contributed by atoms with E-state index in [0.29, 0.717) is 11.8 Å². The van der Waals surface area contributed by atoms with Crippen molar-refractivity contribution in [2.24, 2.45) is 17.8 Å². The molecular weight excluding hydrogens is 260 g/mol. The average Bonchev–Trinajstić information content (AvgIpc) is 3.15. The molecule has 0 heterocycles. The Morgan fingerprint density at radius 2 is 1.95 bits per heavy atom. The molecule has 106 valence electrons. The number of phenolic OH excluding ortho intramolecular Hbond substituents is 1. The van der Waals surface area contributed by atoms with Crippen molar-refractivity contribution >= 4 is 17.3 Å². The SMILES string of the molecule is O=C(Nc1ccc([N+](=O)[O-])cc1O)C1C2CCCCC21. The number of phenols is 1. The van der Waals surface area contributed by atoms with Gasteiger partial charge in [0, 0.05) is 12.0 Å². The number of amides is 1. The number of fused-ring (bicyclic) bond motifs is 1. The van der Waals surface area contributed by atoms with Gasteiger partial charge in [0.1, 0.15) is 5.75 Å². The molecule has 1 aromatic carbocycles. The second-order valence-electron chi connectivity index (χ2n) is 5.59. The number of nitrogens with zero attached hydrogens (tertiary/aromatic N) is 1. The Hall–Kier alpha value is -2.11. The molecule has 2 atom stereocenters. The second kappa shape index (κ2) is 4.77. The smallest absolute Gasteiger partial charge is 0.273 e. The molecule has 0 saturated heterocycles. The number of carbonyl (C=O) groups excluding carboxylic acids is 1. The fraction of sp³-hybridized carbons (Fsp3) is 0.500. The first kappa shape index (κ1) is 12.9. The van der Waals surface area contributed by atoms with E-state index >= 15 is 0 Å². The summed E-state index contributed by atoms with van der Waals surface area (Å²) in [7, 11) is 0. The van der Waals surface area contributed by atoms with E-state index in [2.05, 4.69) is 5.32 Å². The van der Waals surface area contributed by atoms with Gasteiger partial charge in [0.05, 0.1) is 16.7 Å². The van der Waals surface area contributed by atoms with Crippen LogP contribution in [0.15, 0.2) is 18.2 Å². The molecule has 2 aliphatic carbocycles. The van der Waals surface area contributed by atoms with E-state index in [-0.39, 0.29) is 28.9 Å². The quantitative estimate of drug-likeness (QED) is 0.504. The Bertz CT molecular complexity index is 560. The van der Waals surface area contributed by atoms with E-state index in [9.17, 15) is 20.0 Å². The molecule has 0 radical (unpaired) electrons. The van der Waals surface area contributed by atoms with Crippen LogP contribution in [0.25, 0.3) is 0 Å². The number of nitro groups is 1. The van der Waals surface area contributed by atoms with Gasteiger partial charge in [0.2, 0.25) is 5.91 Å². The number of hydrogen-bond acceptors (Lipinski definition) is 4. The van der Waals surface area contributed by atoms with Crippen molar-refractivity contribution in [1.29, 1.82) is 0 Å². The molecule has 6 nitrogen and oxygen atoms in total. The number of nitro benzene ring substituents is 1. The lowest BCUT2D eigenvalue weighted by atomic mass is 10.0. The second-order valence-corrected chi connectivity index (χ2v) is 5.59. The van der Waals surface area contributed by atoms with Gasteiger partial charge >= 0.3 is 0 Å².